The zero-order chi connectivity index (χ0) is 11.8. The van der Waals surface area contributed by atoms with Crippen molar-refractivity contribution < 1.29 is 4.74 Å². The van der Waals surface area contributed by atoms with Gasteiger partial charge in [-0.15, -0.1) is 0 Å². The second-order valence-electron chi connectivity index (χ2n) is 4.37. The van der Waals surface area contributed by atoms with Crippen LogP contribution in [0.25, 0.3) is 0 Å². The average Bonchev–Trinajstić information content (AvgIpc) is 2.60. The van der Waals surface area contributed by atoms with Crippen molar-refractivity contribution in [2.24, 2.45) is 4.99 Å². The van der Waals surface area contributed by atoms with Crippen LogP contribution >= 0.6 is 0 Å². The summed E-state index contributed by atoms with van der Waals surface area (Å²) in [6.45, 7) is 6.60. The van der Waals surface area contributed by atoms with Gasteiger partial charge < -0.3 is 4.74 Å². The van der Waals surface area contributed by atoms with Crippen molar-refractivity contribution in [3.8, 4) is 5.75 Å². The minimum absolute atomic E-state index is 0.129. The first-order valence-electron chi connectivity index (χ1n) is 5.92. The Balaban J connectivity index is 2.58. The second kappa shape index (κ2) is 3.93. The van der Waals surface area contributed by atoms with Crippen LogP contribution in [0.4, 0.5) is 5.69 Å². The van der Waals surface area contributed by atoms with Gasteiger partial charge in [-0.3, -0.25) is 4.99 Å². The molecule has 2 nitrogen and oxygen atoms in total. The molecule has 0 atom stereocenters. The number of hydrogen-bond donors (Lipinski definition) is 0. The Morgan fingerprint density at radius 1 is 1.25 bits per heavy atom. The van der Waals surface area contributed by atoms with Crippen molar-refractivity contribution in [3.63, 3.8) is 0 Å². The van der Waals surface area contributed by atoms with E-state index in [-0.39, 0.29) is 5.41 Å². The van der Waals surface area contributed by atoms with Crippen molar-refractivity contribution >= 4 is 11.4 Å². The third-order valence-electron chi connectivity index (χ3n) is 3.91. The second-order valence-corrected chi connectivity index (χ2v) is 4.37. The molecule has 1 aromatic rings. The predicted molar refractivity (Wildman–Crippen MR) is 68.0 cm³/mol. The maximum Gasteiger partial charge on any atom is 0.119 e. The normalized spacial score (nSPS) is 16.9. The zero-order valence-electron chi connectivity index (χ0n) is 10.5. The average molecular weight is 217 g/mol. The highest BCUT2D eigenvalue weighted by Crippen LogP contribution is 2.45. The summed E-state index contributed by atoms with van der Waals surface area (Å²) in [6.07, 6.45) is 2.19. The van der Waals surface area contributed by atoms with E-state index in [0.29, 0.717) is 0 Å². The molecule has 0 amide bonds. The molecule has 86 valence electrons. The lowest BCUT2D eigenvalue weighted by Crippen LogP contribution is -2.29. The predicted octanol–water partition coefficient (Wildman–Crippen LogP) is 3.86. The monoisotopic (exact) mass is 217 g/mol. The molecule has 0 N–H and O–H groups in total. The van der Waals surface area contributed by atoms with Gasteiger partial charge in [0.15, 0.2) is 0 Å². The molecule has 0 unspecified atom stereocenters. The van der Waals surface area contributed by atoms with Gasteiger partial charge in [-0.1, -0.05) is 13.8 Å². The SMILES string of the molecule is CCC1(CC)C(C)=Nc2ccc(OC)cc21. The van der Waals surface area contributed by atoms with Crippen LogP contribution in [0.2, 0.25) is 0 Å². The molecular formula is C14H19NO. The molecule has 2 rings (SSSR count). The lowest BCUT2D eigenvalue weighted by molar-refractivity contribution is 0.412. The van der Waals surface area contributed by atoms with Crippen LogP contribution in [-0.2, 0) is 5.41 Å². The van der Waals surface area contributed by atoms with E-state index in [9.17, 15) is 0 Å². The Kier molecular flexibility index (Phi) is 2.75. The molecule has 1 aliphatic heterocycles. The number of fused-ring (bicyclic) bond motifs is 1. The Bertz CT molecular complexity index is 430. The fourth-order valence-electron chi connectivity index (χ4n) is 2.75. The Morgan fingerprint density at radius 2 is 1.94 bits per heavy atom. The molecule has 0 aromatic heterocycles. The van der Waals surface area contributed by atoms with Crippen LogP contribution in [0.15, 0.2) is 23.2 Å². The number of ether oxygens (including phenoxy) is 1. The maximum absolute atomic E-state index is 5.31. The van der Waals surface area contributed by atoms with Crippen molar-refractivity contribution in [1.82, 2.24) is 0 Å². The summed E-state index contributed by atoms with van der Waals surface area (Å²) >= 11 is 0. The van der Waals surface area contributed by atoms with E-state index in [4.69, 9.17) is 4.74 Å². The molecular weight excluding hydrogens is 198 g/mol. The third-order valence-corrected chi connectivity index (χ3v) is 3.91. The van der Waals surface area contributed by atoms with Gasteiger partial charge in [0.05, 0.1) is 12.8 Å². The van der Waals surface area contributed by atoms with E-state index in [0.717, 1.165) is 24.3 Å². The van der Waals surface area contributed by atoms with Crippen molar-refractivity contribution in [2.75, 3.05) is 7.11 Å². The number of aliphatic imine (C=N–C) groups is 1. The fraction of sp³-hybridized carbons (Fsp3) is 0.500. The standard InChI is InChI=1S/C14H19NO/c1-5-14(6-2)10(3)15-13-8-7-11(16-4)9-12(13)14/h7-9H,5-6H2,1-4H3. The molecule has 1 heterocycles. The molecule has 0 saturated heterocycles. The highest BCUT2D eigenvalue weighted by Gasteiger charge is 2.38. The minimum atomic E-state index is 0.129. The molecule has 0 saturated carbocycles. The van der Waals surface area contributed by atoms with Crippen LogP contribution in [0.5, 0.6) is 5.75 Å². The third kappa shape index (κ3) is 1.36. The van der Waals surface area contributed by atoms with Crippen LogP contribution in [0, 0.1) is 0 Å². The summed E-state index contributed by atoms with van der Waals surface area (Å²) in [5.74, 6) is 0.926. The molecule has 1 aromatic carbocycles. The Morgan fingerprint density at radius 3 is 2.50 bits per heavy atom. The molecule has 0 fully saturated rings. The number of nitrogens with zero attached hydrogens (tertiary/aromatic N) is 1. The highest BCUT2D eigenvalue weighted by molar-refractivity contribution is 6.00. The minimum Gasteiger partial charge on any atom is -0.497 e. The lowest BCUT2D eigenvalue weighted by Gasteiger charge is -2.28. The van der Waals surface area contributed by atoms with Gasteiger partial charge in [-0.05, 0) is 43.5 Å². The van der Waals surface area contributed by atoms with Gasteiger partial charge in [-0.2, -0.15) is 0 Å². The Hall–Kier alpha value is -1.31. The molecule has 16 heavy (non-hydrogen) atoms. The summed E-state index contributed by atoms with van der Waals surface area (Å²) < 4.78 is 5.31. The summed E-state index contributed by atoms with van der Waals surface area (Å²) in [6, 6.07) is 6.18. The van der Waals surface area contributed by atoms with E-state index in [1.807, 2.05) is 6.07 Å². The smallest absolute Gasteiger partial charge is 0.119 e. The molecule has 2 heteroatoms. The molecule has 0 bridgehead atoms. The lowest BCUT2D eigenvalue weighted by atomic mass is 9.74. The van der Waals surface area contributed by atoms with E-state index >= 15 is 0 Å². The zero-order valence-corrected chi connectivity index (χ0v) is 10.5. The quantitative estimate of drug-likeness (QED) is 0.753. The first kappa shape index (κ1) is 11.2. The van der Waals surface area contributed by atoms with E-state index in [1.54, 1.807) is 7.11 Å². The van der Waals surface area contributed by atoms with Gasteiger partial charge in [-0.25, -0.2) is 0 Å². The first-order chi connectivity index (χ1) is 7.67. The Labute approximate surface area is 97.4 Å². The van der Waals surface area contributed by atoms with Crippen LogP contribution in [-0.4, -0.2) is 12.8 Å². The fourth-order valence-corrected chi connectivity index (χ4v) is 2.75. The highest BCUT2D eigenvalue weighted by atomic mass is 16.5. The van der Waals surface area contributed by atoms with Gasteiger partial charge in [0.25, 0.3) is 0 Å². The summed E-state index contributed by atoms with van der Waals surface area (Å²) in [4.78, 5) is 4.68. The summed E-state index contributed by atoms with van der Waals surface area (Å²) in [7, 11) is 1.71. The van der Waals surface area contributed by atoms with Gasteiger partial charge in [0.2, 0.25) is 0 Å². The number of methoxy groups -OCH3 is 1. The van der Waals surface area contributed by atoms with Crippen LogP contribution < -0.4 is 4.74 Å². The largest absolute Gasteiger partial charge is 0.497 e. The molecule has 0 spiro atoms. The number of benzene rings is 1. The topological polar surface area (TPSA) is 21.6 Å². The van der Waals surface area contributed by atoms with Crippen LogP contribution in [0.1, 0.15) is 39.2 Å². The van der Waals surface area contributed by atoms with Crippen LogP contribution in [0.3, 0.4) is 0 Å². The molecule has 0 aliphatic carbocycles. The van der Waals surface area contributed by atoms with Crippen molar-refractivity contribution in [2.45, 2.75) is 39.0 Å². The van der Waals surface area contributed by atoms with Gasteiger partial charge in [0, 0.05) is 11.1 Å². The van der Waals surface area contributed by atoms with E-state index in [1.165, 1.54) is 11.3 Å². The van der Waals surface area contributed by atoms with Gasteiger partial charge in [0.1, 0.15) is 5.75 Å². The van der Waals surface area contributed by atoms with E-state index in [2.05, 4.69) is 37.9 Å². The molecule has 1 aliphatic rings. The van der Waals surface area contributed by atoms with Gasteiger partial charge >= 0.3 is 0 Å². The summed E-state index contributed by atoms with van der Waals surface area (Å²) in [5, 5.41) is 0. The van der Waals surface area contributed by atoms with E-state index < -0.39 is 0 Å². The van der Waals surface area contributed by atoms with Crippen molar-refractivity contribution in [3.05, 3.63) is 23.8 Å². The maximum atomic E-state index is 5.31. The number of hydrogen-bond acceptors (Lipinski definition) is 2. The van der Waals surface area contributed by atoms with Crippen molar-refractivity contribution in [1.29, 1.82) is 0 Å². The first-order valence-corrected chi connectivity index (χ1v) is 5.92. The number of rotatable bonds is 3. The molecule has 0 radical (unpaired) electrons. The summed E-state index contributed by atoms with van der Waals surface area (Å²) in [5.41, 5.74) is 3.81.